The fourth-order valence-electron chi connectivity index (χ4n) is 1.94. The van der Waals surface area contributed by atoms with Gasteiger partial charge in [-0.2, -0.15) is 13.3 Å². The van der Waals surface area contributed by atoms with Crippen molar-refractivity contribution in [1.82, 2.24) is 0 Å². The Kier molecular flexibility index (Phi) is 8.67. The second-order valence-corrected chi connectivity index (χ2v) is 4.61. The smallest absolute Gasteiger partial charge is 0.457 e. The molecule has 0 spiro atoms. The van der Waals surface area contributed by atoms with Gasteiger partial charge in [-0.15, -0.1) is 0 Å². The van der Waals surface area contributed by atoms with Crippen molar-refractivity contribution < 1.29 is 64.9 Å². The van der Waals surface area contributed by atoms with Gasteiger partial charge in [-0.25, -0.2) is 8.78 Å². The van der Waals surface area contributed by atoms with E-state index in [0.717, 1.165) is 12.8 Å². The van der Waals surface area contributed by atoms with Gasteiger partial charge in [-0.1, -0.05) is 6.42 Å². The van der Waals surface area contributed by atoms with Crippen molar-refractivity contribution in [2.24, 2.45) is 0 Å². The first-order chi connectivity index (χ1) is 9.69. The van der Waals surface area contributed by atoms with Gasteiger partial charge in [0.1, 0.15) is 23.1 Å². The summed E-state index contributed by atoms with van der Waals surface area (Å²) in [5.41, 5.74) is 0.645. The van der Waals surface area contributed by atoms with E-state index in [-0.39, 0.29) is 63.0 Å². The second kappa shape index (κ2) is 9.69. The van der Waals surface area contributed by atoms with E-state index in [1.807, 2.05) is 6.92 Å². The average Bonchev–Trinajstić information content (AvgIpc) is 2.45. The van der Waals surface area contributed by atoms with E-state index in [1.165, 1.54) is 18.2 Å². The van der Waals surface area contributed by atoms with Crippen molar-refractivity contribution in [2.75, 3.05) is 0 Å². The summed E-state index contributed by atoms with van der Waals surface area (Å²) in [5, 5.41) is 0. The van der Waals surface area contributed by atoms with E-state index >= 15 is 0 Å². The molecule has 0 saturated heterocycles. The van der Waals surface area contributed by atoms with Crippen LogP contribution in [-0.4, -0.2) is 0 Å². The molecule has 0 bridgehead atoms. The molecule has 106 valence electrons. The van der Waals surface area contributed by atoms with Crippen molar-refractivity contribution >= 4 is 0 Å². The van der Waals surface area contributed by atoms with Crippen molar-refractivity contribution in [1.29, 1.82) is 0 Å². The maximum atomic E-state index is 13.7. The normalized spacial score (nSPS) is 10.0. The van der Waals surface area contributed by atoms with Crippen LogP contribution in [0.3, 0.4) is 0 Å². The van der Waals surface area contributed by atoms with Crippen molar-refractivity contribution in [3.8, 4) is 11.5 Å². The maximum absolute atomic E-state index is 13.7. The molecule has 0 fully saturated rings. The van der Waals surface area contributed by atoms with Crippen LogP contribution in [0.1, 0.15) is 25.3 Å². The monoisotopic (exact) mass is 314 g/mol. The Hall–Kier alpha value is -0.264. The standard InChI is InChI=1S/C17H17F2O.K/c1-2-3-4-5-13-12-16(10-11-17(13)19)20-15-8-6-14(18)7-9-15;/h2,6-12H,3-5H2,1H3;/q-1;+1. The Morgan fingerprint density at radius 2 is 1.67 bits per heavy atom. The summed E-state index contributed by atoms with van der Waals surface area (Å²) in [6.07, 6.45) is 4.61. The minimum absolute atomic E-state index is 0. The Bertz CT molecular complexity index is 555. The maximum Gasteiger partial charge on any atom is 1.00 e. The fourth-order valence-corrected chi connectivity index (χ4v) is 1.94. The SMILES string of the molecule is C[CH-]CCCc1cc(Oc2ccc(F)cc2)ccc1F.[K+]. The molecule has 2 aromatic carbocycles. The van der Waals surface area contributed by atoms with Gasteiger partial charge >= 0.3 is 51.4 Å². The van der Waals surface area contributed by atoms with Crippen molar-refractivity contribution in [3.05, 3.63) is 66.1 Å². The topological polar surface area (TPSA) is 9.23 Å². The van der Waals surface area contributed by atoms with E-state index in [9.17, 15) is 8.78 Å². The number of benzene rings is 2. The van der Waals surface area contributed by atoms with Crippen molar-refractivity contribution in [3.63, 3.8) is 0 Å². The van der Waals surface area contributed by atoms with Crippen LogP contribution in [0.5, 0.6) is 11.5 Å². The molecule has 0 radical (unpaired) electrons. The summed E-state index contributed by atoms with van der Waals surface area (Å²) in [6.45, 7) is 1.99. The molecule has 1 nitrogen and oxygen atoms in total. The minimum Gasteiger partial charge on any atom is -0.457 e. The van der Waals surface area contributed by atoms with E-state index in [0.29, 0.717) is 23.5 Å². The van der Waals surface area contributed by atoms with Crippen LogP contribution in [0.25, 0.3) is 0 Å². The number of ether oxygens (including phenoxy) is 1. The Morgan fingerprint density at radius 3 is 2.33 bits per heavy atom. The summed E-state index contributed by atoms with van der Waals surface area (Å²) in [7, 11) is 0. The van der Waals surface area contributed by atoms with Gasteiger partial charge in [0.25, 0.3) is 0 Å². The van der Waals surface area contributed by atoms with Crippen LogP contribution >= 0.6 is 0 Å². The molecule has 0 aliphatic rings. The first kappa shape index (κ1) is 18.8. The Balaban J connectivity index is 0.00000220. The van der Waals surface area contributed by atoms with Crippen molar-refractivity contribution in [2.45, 2.75) is 26.2 Å². The van der Waals surface area contributed by atoms with Crippen LogP contribution < -0.4 is 56.1 Å². The number of hydrogen-bond donors (Lipinski definition) is 0. The predicted molar refractivity (Wildman–Crippen MR) is 75.8 cm³/mol. The number of hydrogen-bond acceptors (Lipinski definition) is 1. The first-order valence-electron chi connectivity index (χ1n) is 6.68. The minimum atomic E-state index is -0.312. The summed E-state index contributed by atoms with van der Waals surface area (Å²) < 4.78 is 32.1. The zero-order valence-electron chi connectivity index (χ0n) is 12.4. The largest absolute Gasteiger partial charge is 1.00 e. The molecule has 0 heterocycles. The van der Waals surface area contributed by atoms with Crippen LogP contribution in [0.2, 0.25) is 0 Å². The van der Waals surface area contributed by atoms with Crippen LogP contribution in [0.4, 0.5) is 8.78 Å². The molecular formula is C17H17F2KO. The quantitative estimate of drug-likeness (QED) is 0.452. The number of unbranched alkanes of at least 4 members (excludes halogenated alkanes) is 2. The molecule has 0 amide bonds. The second-order valence-electron chi connectivity index (χ2n) is 4.61. The molecule has 2 aromatic rings. The third-order valence-corrected chi connectivity index (χ3v) is 3.01. The van der Waals surface area contributed by atoms with Gasteiger partial charge in [0.15, 0.2) is 0 Å². The van der Waals surface area contributed by atoms with E-state index in [4.69, 9.17) is 4.74 Å². The summed E-state index contributed by atoms with van der Waals surface area (Å²) in [4.78, 5) is 0. The summed E-state index contributed by atoms with van der Waals surface area (Å²) in [5.74, 6) is 0.569. The molecule has 0 aliphatic heterocycles. The number of rotatable bonds is 6. The third-order valence-electron chi connectivity index (χ3n) is 3.01. The molecule has 0 N–H and O–H groups in total. The molecule has 0 saturated carbocycles. The third kappa shape index (κ3) is 6.16. The van der Waals surface area contributed by atoms with Crippen LogP contribution in [0.15, 0.2) is 42.5 Å². The molecule has 0 aromatic heterocycles. The molecule has 0 atom stereocenters. The van der Waals surface area contributed by atoms with Gasteiger partial charge in [0.2, 0.25) is 0 Å². The Labute approximate surface area is 167 Å². The zero-order valence-corrected chi connectivity index (χ0v) is 15.5. The molecular weight excluding hydrogens is 297 g/mol. The van der Waals surface area contributed by atoms with Gasteiger partial charge in [0.05, 0.1) is 0 Å². The molecule has 21 heavy (non-hydrogen) atoms. The van der Waals surface area contributed by atoms with Gasteiger partial charge in [0, 0.05) is 0 Å². The molecule has 4 heteroatoms. The Morgan fingerprint density at radius 1 is 1.00 bits per heavy atom. The zero-order chi connectivity index (χ0) is 14.4. The first-order valence-corrected chi connectivity index (χ1v) is 6.68. The average molecular weight is 314 g/mol. The summed E-state index contributed by atoms with van der Waals surface area (Å²) >= 11 is 0. The predicted octanol–water partition coefficient (Wildman–Crippen LogP) is 2.31. The summed E-state index contributed by atoms with van der Waals surface area (Å²) in [6, 6.07) is 10.4. The molecule has 2 rings (SSSR count). The van der Waals surface area contributed by atoms with Gasteiger partial charge in [-0.05, 0) is 54.4 Å². The van der Waals surface area contributed by atoms with Gasteiger partial charge in [-0.3, -0.25) is 0 Å². The van der Waals surface area contributed by atoms with Crippen LogP contribution in [0, 0.1) is 18.1 Å². The molecule has 0 unspecified atom stereocenters. The van der Waals surface area contributed by atoms with E-state index in [2.05, 4.69) is 6.42 Å². The van der Waals surface area contributed by atoms with Gasteiger partial charge < -0.3 is 11.2 Å². The fraction of sp³-hybridized carbons (Fsp3) is 0.235. The van der Waals surface area contributed by atoms with Crippen LogP contribution in [-0.2, 0) is 6.42 Å². The molecule has 0 aliphatic carbocycles. The van der Waals surface area contributed by atoms with E-state index < -0.39 is 0 Å². The number of halogens is 2. The van der Waals surface area contributed by atoms with E-state index in [1.54, 1.807) is 24.3 Å². The number of aryl methyl sites for hydroxylation is 1.